The largest absolute Gasteiger partial charge is 0.508 e. The number of phenolic OH excluding ortho intramolecular Hbond substituents is 1. The van der Waals surface area contributed by atoms with Crippen molar-refractivity contribution in [2.24, 2.45) is 0 Å². The summed E-state index contributed by atoms with van der Waals surface area (Å²) in [5, 5.41) is 15.6. The third-order valence-electron chi connectivity index (χ3n) is 3.18. The highest BCUT2D eigenvalue weighted by Crippen LogP contribution is 2.15. The van der Waals surface area contributed by atoms with Gasteiger partial charge in [-0.1, -0.05) is 29.8 Å². The summed E-state index contributed by atoms with van der Waals surface area (Å²) in [5.74, 6) is -0.345. The summed E-state index contributed by atoms with van der Waals surface area (Å²) in [6.45, 7) is 0.625. The van der Waals surface area contributed by atoms with Crippen molar-refractivity contribution in [3.63, 3.8) is 0 Å². The smallest absolute Gasteiger partial charge is 0.251 e. The van der Waals surface area contributed by atoms with E-state index in [1.165, 1.54) is 6.07 Å². The summed E-state index contributed by atoms with van der Waals surface area (Å²) in [7, 11) is 0. The molecule has 0 bridgehead atoms. The molecule has 6 heteroatoms. The number of halogens is 1. The number of nitrogens with one attached hydrogen (secondary N) is 2. The van der Waals surface area contributed by atoms with E-state index in [0.29, 0.717) is 29.2 Å². The van der Waals surface area contributed by atoms with E-state index in [-0.39, 0.29) is 24.0 Å². The number of benzene rings is 2. The van der Waals surface area contributed by atoms with Gasteiger partial charge in [-0.05, 0) is 30.3 Å². The molecule has 0 aliphatic heterocycles. The number of rotatable bonds is 6. The maximum Gasteiger partial charge on any atom is 0.251 e. The first-order valence-electron chi connectivity index (χ1n) is 7.13. The van der Waals surface area contributed by atoms with E-state index < -0.39 is 0 Å². The van der Waals surface area contributed by atoms with Gasteiger partial charge in [0.2, 0.25) is 5.91 Å². The molecule has 2 aromatic carbocycles. The quantitative estimate of drug-likeness (QED) is 0.709. The molecule has 120 valence electrons. The van der Waals surface area contributed by atoms with Crippen molar-refractivity contribution in [2.75, 3.05) is 13.1 Å². The van der Waals surface area contributed by atoms with Crippen LogP contribution in [0.5, 0.6) is 5.75 Å². The van der Waals surface area contributed by atoms with Crippen LogP contribution in [-0.2, 0) is 11.2 Å². The SMILES string of the molecule is O=C(Cc1ccccc1O)NCCNC(=O)c1ccc(Cl)cc1. The van der Waals surface area contributed by atoms with E-state index in [2.05, 4.69) is 10.6 Å². The van der Waals surface area contributed by atoms with Crippen molar-refractivity contribution < 1.29 is 14.7 Å². The highest BCUT2D eigenvalue weighted by molar-refractivity contribution is 6.30. The predicted octanol–water partition coefficient (Wildman–Crippen LogP) is 2.13. The molecular formula is C17H17ClN2O3. The fourth-order valence-corrected chi connectivity index (χ4v) is 2.10. The van der Waals surface area contributed by atoms with Crippen LogP contribution in [0.15, 0.2) is 48.5 Å². The Morgan fingerprint density at radius 2 is 1.61 bits per heavy atom. The summed E-state index contributed by atoms with van der Waals surface area (Å²) in [4.78, 5) is 23.6. The second kappa shape index (κ2) is 8.19. The minimum Gasteiger partial charge on any atom is -0.508 e. The van der Waals surface area contributed by atoms with Crippen molar-refractivity contribution in [3.8, 4) is 5.75 Å². The number of hydrogen-bond donors (Lipinski definition) is 3. The van der Waals surface area contributed by atoms with Crippen molar-refractivity contribution >= 4 is 23.4 Å². The molecule has 0 unspecified atom stereocenters. The van der Waals surface area contributed by atoms with Gasteiger partial charge in [0.1, 0.15) is 5.75 Å². The molecule has 23 heavy (non-hydrogen) atoms. The van der Waals surface area contributed by atoms with E-state index >= 15 is 0 Å². The van der Waals surface area contributed by atoms with Crippen LogP contribution in [0.25, 0.3) is 0 Å². The third kappa shape index (κ3) is 5.30. The Morgan fingerprint density at radius 3 is 2.30 bits per heavy atom. The van der Waals surface area contributed by atoms with Gasteiger partial charge in [0, 0.05) is 29.2 Å². The lowest BCUT2D eigenvalue weighted by molar-refractivity contribution is -0.120. The Kier molecular flexibility index (Phi) is 6.00. The third-order valence-corrected chi connectivity index (χ3v) is 3.43. The number of hydrogen-bond acceptors (Lipinski definition) is 3. The Balaban J connectivity index is 1.71. The molecule has 0 atom stereocenters. The molecule has 0 radical (unpaired) electrons. The molecular weight excluding hydrogens is 316 g/mol. The number of amides is 2. The molecule has 0 heterocycles. The zero-order chi connectivity index (χ0) is 16.7. The number of para-hydroxylation sites is 1. The predicted molar refractivity (Wildman–Crippen MR) is 88.6 cm³/mol. The lowest BCUT2D eigenvalue weighted by Gasteiger charge is -2.08. The maximum absolute atomic E-state index is 11.8. The van der Waals surface area contributed by atoms with Crippen LogP contribution < -0.4 is 10.6 Å². The number of aromatic hydroxyl groups is 1. The normalized spacial score (nSPS) is 10.1. The first-order chi connectivity index (χ1) is 11.1. The Labute approximate surface area is 139 Å². The second-order valence-electron chi connectivity index (χ2n) is 4.92. The lowest BCUT2D eigenvalue weighted by atomic mass is 10.1. The molecule has 0 aliphatic carbocycles. The summed E-state index contributed by atoms with van der Waals surface area (Å²) < 4.78 is 0. The molecule has 2 aromatic rings. The van der Waals surface area contributed by atoms with E-state index in [0.717, 1.165) is 0 Å². The van der Waals surface area contributed by atoms with Crippen LogP contribution >= 0.6 is 11.6 Å². The average molecular weight is 333 g/mol. The fourth-order valence-electron chi connectivity index (χ4n) is 1.98. The topological polar surface area (TPSA) is 78.4 Å². The van der Waals surface area contributed by atoms with Gasteiger partial charge < -0.3 is 15.7 Å². The molecule has 0 aromatic heterocycles. The highest BCUT2D eigenvalue weighted by Gasteiger charge is 2.07. The van der Waals surface area contributed by atoms with Crippen molar-refractivity contribution in [3.05, 3.63) is 64.7 Å². The Bertz CT molecular complexity index is 686. The van der Waals surface area contributed by atoms with Crippen molar-refractivity contribution in [1.29, 1.82) is 0 Å². The first kappa shape index (κ1) is 16.8. The van der Waals surface area contributed by atoms with Gasteiger partial charge >= 0.3 is 0 Å². The van der Waals surface area contributed by atoms with Gasteiger partial charge in [0.25, 0.3) is 5.91 Å². The van der Waals surface area contributed by atoms with Gasteiger partial charge in [-0.15, -0.1) is 0 Å². The zero-order valence-electron chi connectivity index (χ0n) is 12.4. The molecule has 0 saturated heterocycles. The van der Waals surface area contributed by atoms with Crippen LogP contribution in [0, 0.1) is 0 Å². The molecule has 0 aliphatic rings. The first-order valence-corrected chi connectivity index (χ1v) is 7.51. The molecule has 3 N–H and O–H groups in total. The fraction of sp³-hybridized carbons (Fsp3) is 0.176. The molecule has 5 nitrogen and oxygen atoms in total. The lowest BCUT2D eigenvalue weighted by Crippen LogP contribution is -2.35. The minimum atomic E-state index is -0.225. The van der Waals surface area contributed by atoms with E-state index in [4.69, 9.17) is 11.6 Å². The molecule has 0 spiro atoms. The van der Waals surface area contributed by atoms with Crippen LogP contribution in [0.3, 0.4) is 0 Å². The summed E-state index contributed by atoms with van der Waals surface area (Å²) in [6, 6.07) is 13.2. The van der Waals surface area contributed by atoms with E-state index in [9.17, 15) is 14.7 Å². The average Bonchev–Trinajstić information content (AvgIpc) is 2.54. The van der Waals surface area contributed by atoms with Gasteiger partial charge in [-0.25, -0.2) is 0 Å². The summed E-state index contributed by atoms with van der Waals surface area (Å²) in [5.41, 5.74) is 1.07. The van der Waals surface area contributed by atoms with Crippen LogP contribution in [0.1, 0.15) is 15.9 Å². The van der Waals surface area contributed by atoms with Gasteiger partial charge in [-0.2, -0.15) is 0 Å². The molecule has 2 amide bonds. The molecule has 2 rings (SSSR count). The summed E-state index contributed by atoms with van der Waals surface area (Å²) in [6.07, 6.45) is 0.0950. The van der Waals surface area contributed by atoms with E-state index in [1.807, 2.05) is 0 Å². The zero-order valence-corrected chi connectivity index (χ0v) is 13.1. The number of carbonyl (C=O) groups excluding carboxylic acids is 2. The van der Waals surface area contributed by atoms with E-state index in [1.54, 1.807) is 42.5 Å². The second-order valence-corrected chi connectivity index (χ2v) is 5.35. The maximum atomic E-state index is 11.8. The number of carbonyl (C=O) groups is 2. The van der Waals surface area contributed by atoms with Crippen molar-refractivity contribution in [1.82, 2.24) is 10.6 Å². The highest BCUT2D eigenvalue weighted by atomic mass is 35.5. The van der Waals surface area contributed by atoms with Crippen LogP contribution in [0.4, 0.5) is 0 Å². The molecule has 0 fully saturated rings. The van der Waals surface area contributed by atoms with Gasteiger partial charge in [-0.3, -0.25) is 9.59 Å². The summed E-state index contributed by atoms with van der Waals surface area (Å²) >= 11 is 5.76. The monoisotopic (exact) mass is 332 g/mol. The Morgan fingerprint density at radius 1 is 0.957 bits per heavy atom. The van der Waals surface area contributed by atoms with Crippen molar-refractivity contribution in [2.45, 2.75) is 6.42 Å². The Hall–Kier alpha value is -2.53. The van der Waals surface area contributed by atoms with Crippen LogP contribution in [0.2, 0.25) is 5.02 Å². The minimum absolute atomic E-state index is 0.0950. The van der Waals surface area contributed by atoms with Gasteiger partial charge in [0.15, 0.2) is 0 Å². The van der Waals surface area contributed by atoms with Crippen LogP contribution in [-0.4, -0.2) is 30.0 Å². The van der Waals surface area contributed by atoms with Gasteiger partial charge in [0.05, 0.1) is 6.42 Å². The molecule has 0 saturated carbocycles. The standard InChI is InChI=1S/C17H17ClN2O3/c18-14-7-5-12(6-8-14)17(23)20-10-9-19-16(22)11-13-3-1-2-4-15(13)21/h1-8,21H,9-11H2,(H,19,22)(H,20,23). The number of phenols is 1.